The van der Waals surface area contributed by atoms with E-state index in [-0.39, 0.29) is 0 Å². The van der Waals surface area contributed by atoms with Gasteiger partial charge < -0.3 is 16.5 Å². The first kappa shape index (κ1) is 17.9. The van der Waals surface area contributed by atoms with Gasteiger partial charge in [0.15, 0.2) is 0 Å². The number of hydrogen-bond acceptors (Lipinski definition) is 4. The Balaban J connectivity index is 2.36. The molecule has 3 aromatic heterocycles. The molecule has 0 aliphatic carbocycles. The zero-order valence-electron chi connectivity index (χ0n) is 14.5. The third-order valence-electron chi connectivity index (χ3n) is 4.08. The van der Waals surface area contributed by atoms with Gasteiger partial charge in [-0.25, -0.2) is 9.37 Å². The number of rotatable bonds is 5. The molecule has 0 unspecified atom stereocenters. The fourth-order valence-electron chi connectivity index (χ4n) is 2.82. The van der Waals surface area contributed by atoms with E-state index in [0.717, 1.165) is 6.20 Å². The molecule has 0 aliphatic heterocycles. The number of halogens is 1. The number of hydrogen-bond donors (Lipinski definition) is 4. The molecule has 3 rings (SSSR count). The Hall–Kier alpha value is -3.87. The van der Waals surface area contributed by atoms with Gasteiger partial charge in [0, 0.05) is 40.3 Å². The summed E-state index contributed by atoms with van der Waals surface area (Å²) in [7, 11) is 0. The number of allylic oxidation sites excluding steroid dienone is 5. The number of pyridine rings is 1. The minimum atomic E-state index is -0.465. The summed E-state index contributed by atoms with van der Waals surface area (Å²) in [5.74, 6) is -0.465. The summed E-state index contributed by atoms with van der Waals surface area (Å²) in [4.78, 5) is 7.25. The molecule has 3 heterocycles. The lowest BCUT2D eigenvalue weighted by molar-refractivity contribution is 0.627. The molecule has 0 aliphatic rings. The van der Waals surface area contributed by atoms with Crippen LogP contribution < -0.4 is 22.0 Å². The van der Waals surface area contributed by atoms with Crippen LogP contribution in [0, 0.1) is 5.82 Å². The van der Waals surface area contributed by atoms with E-state index in [1.54, 1.807) is 36.7 Å². The standard InChI is InChI=1S/C20H19FN6/c1-3-4-5-13(7-22)12(2)6-15-17(8-23)27-20-19(15)18(16(21)11-24-20)14-9-25-26-10-14/h3-11H,1-2,22-23H2,(H,24,27)(H,25,26)/b5-4-,13-7+,15-6+,17-8+. The van der Waals surface area contributed by atoms with Crippen molar-refractivity contribution in [3.63, 3.8) is 0 Å². The number of nitrogens with two attached hydrogens (primary N) is 2. The summed E-state index contributed by atoms with van der Waals surface area (Å²) in [6.07, 6.45) is 14.1. The minimum Gasteiger partial charge on any atom is -0.404 e. The molecule has 6 N–H and O–H groups in total. The SMILES string of the molecule is C=C/C=C\C(=C/N)C(=C)/C=c1\c(=C/N)[nH]c2ncc(F)c(-c3cn[nH]c3)c12. The normalized spacial score (nSPS) is 13.7. The maximum atomic E-state index is 14.7. The predicted molar refractivity (Wildman–Crippen MR) is 107 cm³/mol. The van der Waals surface area contributed by atoms with Gasteiger partial charge in [-0.2, -0.15) is 5.10 Å². The van der Waals surface area contributed by atoms with Crippen LogP contribution in [-0.2, 0) is 0 Å². The molecule has 0 fully saturated rings. The summed E-state index contributed by atoms with van der Waals surface area (Å²) in [6, 6.07) is 0. The fourth-order valence-corrected chi connectivity index (χ4v) is 2.82. The zero-order valence-corrected chi connectivity index (χ0v) is 14.5. The van der Waals surface area contributed by atoms with Gasteiger partial charge in [-0.05, 0) is 17.2 Å². The van der Waals surface area contributed by atoms with E-state index in [1.165, 1.54) is 12.4 Å². The second kappa shape index (κ2) is 7.57. The van der Waals surface area contributed by atoms with Crippen LogP contribution in [0.25, 0.3) is 34.4 Å². The van der Waals surface area contributed by atoms with E-state index in [1.807, 2.05) is 0 Å². The Morgan fingerprint density at radius 3 is 2.70 bits per heavy atom. The van der Waals surface area contributed by atoms with Crippen LogP contribution in [0.3, 0.4) is 0 Å². The lowest BCUT2D eigenvalue weighted by Crippen LogP contribution is -2.25. The van der Waals surface area contributed by atoms with Crippen molar-refractivity contribution < 1.29 is 4.39 Å². The zero-order chi connectivity index (χ0) is 19.4. The Kier molecular flexibility index (Phi) is 5.03. The van der Waals surface area contributed by atoms with Gasteiger partial charge in [-0.15, -0.1) is 0 Å². The maximum absolute atomic E-state index is 14.7. The summed E-state index contributed by atoms with van der Waals surface area (Å²) < 4.78 is 14.7. The summed E-state index contributed by atoms with van der Waals surface area (Å²) >= 11 is 0. The van der Waals surface area contributed by atoms with Crippen molar-refractivity contribution in [3.8, 4) is 11.1 Å². The van der Waals surface area contributed by atoms with Crippen LogP contribution in [0.4, 0.5) is 4.39 Å². The van der Waals surface area contributed by atoms with Crippen molar-refractivity contribution >= 4 is 23.3 Å². The van der Waals surface area contributed by atoms with Crippen LogP contribution in [0.15, 0.2) is 67.3 Å². The number of fused-ring (bicyclic) bond motifs is 1. The predicted octanol–water partition coefficient (Wildman–Crippen LogP) is 1.71. The van der Waals surface area contributed by atoms with Crippen LogP contribution in [0.1, 0.15) is 0 Å². The number of nitrogens with zero attached hydrogens (tertiary/aromatic N) is 2. The summed E-state index contributed by atoms with van der Waals surface area (Å²) in [6.45, 7) is 7.70. The van der Waals surface area contributed by atoms with Crippen molar-refractivity contribution in [1.82, 2.24) is 20.2 Å². The fraction of sp³-hybridized carbons (Fsp3) is 0. The molecule has 0 aromatic carbocycles. The van der Waals surface area contributed by atoms with Gasteiger partial charge >= 0.3 is 0 Å². The van der Waals surface area contributed by atoms with E-state index >= 15 is 0 Å². The molecule has 27 heavy (non-hydrogen) atoms. The van der Waals surface area contributed by atoms with Gasteiger partial charge in [0.1, 0.15) is 11.5 Å². The molecular formula is C20H19FN6. The van der Waals surface area contributed by atoms with E-state index in [0.29, 0.717) is 43.9 Å². The second-order valence-corrected chi connectivity index (χ2v) is 5.70. The van der Waals surface area contributed by atoms with Gasteiger partial charge in [0.2, 0.25) is 0 Å². The van der Waals surface area contributed by atoms with Crippen molar-refractivity contribution in [1.29, 1.82) is 0 Å². The van der Waals surface area contributed by atoms with Gasteiger partial charge in [0.25, 0.3) is 0 Å². The van der Waals surface area contributed by atoms with Crippen LogP contribution >= 0.6 is 0 Å². The Bertz CT molecular complexity index is 1180. The van der Waals surface area contributed by atoms with Gasteiger partial charge in [0.05, 0.1) is 17.7 Å². The second-order valence-electron chi connectivity index (χ2n) is 5.70. The van der Waals surface area contributed by atoms with Crippen molar-refractivity contribution in [2.24, 2.45) is 11.5 Å². The largest absolute Gasteiger partial charge is 0.404 e. The highest BCUT2D eigenvalue weighted by atomic mass is 19.1. The first-order chi connectivity index (χ1) is 13.1. The third-order valence-corrected chi connectivity index (χ3v) is 4.08. The van der Waals surface area contributed by atoms with Crippen LogP contribution in [-0.4, -0.2) is 20.2 Å². The van der Waals surface area contributed by atoms with Crippen molar-refractivity contribution in [2.75, 3.05) is 0 Å². The molecule has 0 amide bonds. The van der Waals surface area contributed by atoms with Crippen LogP contribution in [0.2, 0.25) is 0 Å². The summed E-state index contributed by atoms with van der Waals surface area (Å²) in [5.41, 5.74) is 14.3. The Labute approximate surface area is 154 Å². The molecule has 0 saturated carbocycles. The first-order valence-corrected chi connectivity index (χ1v) is 8.10. The first-order valence-electron chi connectivity index (χ1n) is 8.10. The lowest BCUT2D eigenvalue weighted by Gasteiger charge is -2.03. The van der Waals surface area contributed by atoms with E-state index in [2.05, 4.69) is 33.3 Å². The maximum Gasteiger partial charge on any atom is 0.150 e. The molecular weight excluding hydrogens is 343 g/mol. The number of aromatic nitrogens is 4. The Morgan fingerprint density at radius 1 is 1.26 bits per heavy atom. The molecule has 6 nitrogen and oxygen atoms in total. The molecule has 0 saturated heterocycles. The average Bonchev–Trinajstić information content (AvgIpc) is 3.31. The molecule has 7 heteroatoms. The number of aromatic amines is 2. The lowest BCUT2D eigenvalue weighted by atomic mass is 10.0. The molecule has 0 atom stereocenters. The number of nitrogens with one attached hydrogen (secondary N) is 2. The van der Waals surface area contributed by atoms with E-state index in [4.69, 9.17) is 11.5 Å². The van der Waals surface area contributed by atoms with Gasteiger partial charge in [-0.3, -0.25) is 5.10 Å². The smallest absolute Gasteiger partial charge is 0.150 e. The molecule has 0 bridgehead atoms. The van der Waals surface area contributed by atoms with Crippen molar-refractivity contribution in [3.05, 3.63) is 83.7 Å². The van der Waals surface area contributed by atoms with Crippen molar-refractivity contribution in [2.45, 2.75) is 0 Å². The molecule has 3 aromatic rings. The topological polar surface area (TPSA) is 109 Å². The highest BCUT2D eigenvalue weighted by Crippen LogP contribution is 2.26. The van der Waals surface area contributed by atoms with E-state index < -0.39 is 5.82 Å². The molecule has 0 spiro atoms. The highest BCUT2D eigenvalue weighted by molar-refractivity contribution is 5.94. The van der Waals surface area contributed by atoms with Crippen LogP contribution in [0.5, 0.6) is 0 Å². The van der Waals surface area contributed by atoms with E-state index in [9.17, 15) is 4.39 Å². The molecule has 136 valence electrons. The monoisotopic (exact) mass is 362 g/mol. The summed E-state index contributed by atoms with van der Waals surface area (Å²) in [5, 5.41) is 8.45. The minimum absolute atomic E-state index is 0.372. The Morgan fingerprint density at radius 2 is 2.07 bits per heavy atom. The van der Waals surface area contributed by atoms with Gasteiger partial charge in [-0.1, -0.05) is 31.4 Å². The molecule has 0 radical (unpaired) electrons. The average molecular weight is 362 g/mol. The quantitative estimate of drug-likeness (QED) is 0.518. The number of H-pyrrole nitrogens is 2. The highest BCUT2D eigenvalue weighted by Gasteiger charge is 2.15. The third kappa shape index (κ3) is 3.30.